The Kier molecular flexibility index (Phi) is 4.52. The van der Waals surface area contributed by atoms with Crippen LogP contribution in [-0.2, 0) is 19.4 Å². The largest absolute Gasteiger partial charge is 0.469 e. The number of aryl methyl sites for hydroxylation is 2. The van der Waals surface area contributed by atoms with Gasteiger partial charge in [0.05, 0.1) is 6.26 Å². The van der Waals surface area contributed by atoms with E-state index in [4.69, 9.17) is 10.2 Å². The van der Waals surface area contributed by atoms with Gasteiger partial charge in [-0.3, -0.25) is 4.68 Å². The van der Waals surface area contributed by atoms with Crippen LogP contribution < -0.4 is 5.73 Å². The van der Waals surface area contributed by atoms with Crippen molar-refractivity contribution in [3.63, 3.8) is 0 Å². The number of furan rings is 1. The highest BCUT2D eigenvalue weighted by molar-refractivity contribution is 4.99. The van der Waals surface area contributed by atoms with E-state index in [9.17, 15) is 0 Å². The smallest absolute Gasteiger partial charge is 0.138 e. The number of hydrogen-bond donors (Lipinski definition) is 1. The standard InChI is InChI=1S/C13H20N4O/c1-2-7-17-13(15-10-16-17)9-11(14)5-6-12-4-3-8-18-12/h3-4,8,10-11H,2,5-7,9,14H2,1H3. The molecule has 0 saturated heterocycles. The number of aromatic nitrogens is 3. The first kappa shape index (κ1) is 12.8. The maximum Gasteiger partial charge on any atom is 0.138 e. The number of nitrogens with zero attached hydrogens (tertiary/aromatic N) is 3. The van der Waals surface area contributed by atoms with Crippen LogP contribution in [0.4, 0.5) is 0 Å². The molecule has 18 heavy (non-hydrogen) atoms. The van der Waals surface area contributed by atoms with Crippen LogP contribution in [0.5, 0.6) is 0 Å². The number of hydrogen-bond acceptors (Lipinski definition) is 4. The van der Waals surface area contributed by atoms with Gasteiger partial charge in [-0.1, -0.05) is 6.92 Å². The van der Waals surface area contributed by atoms with Crippen molar-refractivity contribution in [3.05, 3.63) is 36.3 Å². The minimum absolute atomic E-state index is 0.0925. The fourth-order valence-electron chi connectivity index (χ4n) is 1.96. The Balaban J connectivity index is 1.82. The zero-order valence-corrected chi connectivity index (χ0v) is 10.7. The summed E-state index contributed by atoms with van der Waals surface area (Å²) < 4.78 is 7.23. The molecule has 0 radical (unpaired) electrons. The van der Waals surface area contributed by atoms with Gasteiger partial charge in [0.1, 0.15) is 17.9 Å². The summed E-state index contributed by atoms with van der Waals surface area (Å²) in [7, 11) is 0. The lowest BCUT2D eigenvalue weighted by Gasteiger charge is -2.11. The van der Waals surface area contributed by atoms with Crippen LogP contribution >= 0.6 is 0 Å². The molecule has 0 saturated carbocycles. The molecule has 2 rings (SSSR count). The SMILES string of the molecule is CCCn1ncnc1CC(N)CCc1ccco1. The number of nitrogens with two attached hydrogens (primary N) is 1. The van der Waals surface area contributed by atoms with Gasteiger partial charge in [0, 0.05) is 25.4 Å². The van der Waals surface area contributed by atoms with E-state index >= 15 is 0 Å². The van der Waals surface area contributed by atoms with E-state index in [0.29, 0.717) is 0 Å². The van der Waals surface area contributed by atoms with Gasteiger partial charge in [-0.2, -0.15) is 5.10 Å². The average molecular weight is 248 g/mol. The molecule has 2 N–H and O–H groups in total. The monoisotopic (exact) mass is 248 g/mol. The summed E-state index contributed by atoms with van der Waals surface area (Å²) in [6.07, 6.45) is 6.88. The van der Waals surface area contributed by atoms with E-state index in [1.54, 1.807) is 12.6 Å². The third-order valence-electron chi connectivity index (χ3n) is 2.92. The normalized spacial score (nSPS) is 12.8. The molecule has 2 aromatic rings. The van der Waals surface area contributed by atoms with Gasteiger partial charge in [-0.15, -0.1) is 0 Å². The summed E-state index contributed by atoms with van der Waals surface area (Å²) in [5.41, 5.74) is 6.12. The van der Waals surface area contributed by atoms with E-state index in [-0.39, 0.29) is 6.04 Å². The summed E-state index contributed by atoms with van der Waals surface area (Å²) in [6, 6.07) is 3.97. The van der Waals surface area contributed by atoms with Crippen molar-refractivity contribution in [2.75, 3.05) is 0 Å². The molecule has 0 bridgehead atoms. The molecular weight excluding hydrogens is 228 g/mol. The second kappa shape index (κ2) is 6.35. The highest BCUT2D eigenvalue weighted by Crippen LogP contribution is 2.08. The van der Waals surface area contributed by atoms with E-state index in [2.05, 4.69) is 17.0 Å². The van der Waals surface area contributed by atoms with Gasteiger partial charge in [-0.05, 0) is 25.0 Å². The van der Waals surface area contributed by atoms with Crippen LogP contribution in [0.25, 0.3) is 0 Å². The molecule has 0 fully saturated rings. The van der Waals surface area contributed by atoms with E-state index < -0.39 is 0 Å². The van der Waals surface area contributed by atoms with Crippen LogP contribution in [0.2, 0.25) is 0 Å². The van der Waals surface area contributed by atoms with Crippen molar-refractivity contribution in [1.29, 1.82) is 0 Å². The molecule has 5 nitrogen and oxygen atoms in total. The van der Waals surface area contributed by atoms with Gasteiger partial charge < -0.3 is 10.2 Å². The third kappa shape index (κ3) is 3.43. The van der Waals surface area contributed by atoms with Crippen LogP contribution in [0.15, 0.2) is 29.1 Å². The van der Waals surface area contributed by atoms with Gasteiger partial charge in [0.25, 0.3) is 0 Å². The van der Waals surface area contributed by atoms with E-state index in [1.807, 2.05) is 16.8 Å². The van der Waals surface area contributed by atoms with Crippen LogP contribution in [0.1, 0.15) is 31.4 Å². The van der Waals surface area contributed by atoms with Crippen molar-refractivity contribution >= 4 is 0 Å². The Morgan fingerprint density at radius 2 is 2.39 bits per heavy atom. The van der Waals surface area contributed by atoms with Crippen molar-refractivity contribution in [2.45, 2.75) is 45.2 Å². The summed E-state index contributed by atoms with van der Waals surface area (Å²) in [4.78, 5) is 4.27. The fraction of sp³-hybridized carbons (Fsp3) is 0.538. The van der Waals surface area contributed by atoms with E-state index in [0.717, 1.165) is 43.8 Å². The van der Waals surface area contributed by atoms with Crippen molar-refractivity contribution in [3.8, 4) is 0 Å². The predicted octanol–water partition coefficient (Wildman–Crippen LogP) is 1.78. The van der Waals surface area contributed by atoms with Gasteiger partial charge in [-0.25, -0.2) is 4.98 Å². The van der Waals surface area contributed by atoms with Crippen molar-refractivity contribution < 1.29 is 4.42 Å². The van der Waals surface area contributed by atoms with Crippen molar-refractivity contribution in [1.82, 2.24) is 14.8 Å². The second-order valence-electron chi connectivity index (χ2n) is 4.48. The first-order chi connectivity index (χ1) is 8.79. The molecule has 0 aliphatic heterocycles. The summed E-state index contributed by atoms with van der Waals surface area (Å²) in [5, 5.41) is 4.20. The zero-order chi connectivity index (χ0) is 12.8. The predicted molar refractivity (Wildman–Crippen MR) is 69.0 cm³/mol. The average Bonchev–Trinajstić information content (AvgIpc) is 2.99. The molecule has 2 aromatic heterocycles. The lowest BCUT2D eigenvalue weighted by molar-refractivity contribution is 0.474. The molecule has 2 heterocycles. The van der Waals surface area contributed by atoms with Crippen LogP contribution in [0.3, 0.4) is 0 Å². The molecular formula is C13H20N4O. The maximum absolute atomic E-state index is 6.12. The molecule has 98 valence electrons. The lowest BCUT2D eigenvalue weighted by Crippen LogP contribution is -2.25. The molecule has 5 heteroatoms. The van der Waals surface area contributed by atoms with E-state index in [1.165, 1.54) is 0 Å². The molecule has 0 amide bonds. The Hall–Kier alpha value is -1.62. The lowest BCUT2D eigenvalue weighted by atomic mass is 10.1. The first-order valence-electron chi connectivity index (χ1n) is 6.44. The Labute approximate surface area is 107 Å². The molecule has 1 unspecified atom stereocenters. The zero-order valence-electron chi connectivity index (χ0n) is 10.7. The summed E-state index contributed by atoms with van der Waals surface area (Å²) in [5.74, 6) is 1.96. The number of rotatable bonds is 7. The molecule has 1 atom stereocenters. The maximum atomic E-state index is 6.12. The topological polar surface area (TPSA) is 69.9 Å². The Morgan fingerprint density at radius 3 is 3.11 bits per heavy atom. The first-order valence-corrected chi connectivity index (χ1v) is 6.44. The minimum Gasteiger partial charge on any atom is -0.469 e. The van der Waals surface area contributed by atoms with Crippen LogP contribution in [-0.4, -0.2) is 20.8 Å². The highest BCUT2D eigenvalue weighted by atomic mass is 16.3. The quantitative estimate of drug-likeness (QED) is 0.811. The second-order valence-corrected chi connectivity index (χ2v) is 4.48. The highest BCUT2D eigenvalue weighted by Gasteiger charge is 2.10. The molecule has 0 aliphatic carbocycles. The molecule has 0 spiro atoms. The Morgan fingerprint density at radius 1 is 1.50 bits per heavy atom. The van der Waals surface area contributed by atoms with Gasteiger partial charge in [0.2, 0.25) is 0 Å². The van der Waals surface area contributed by atoms with Gasteiger partial charge in [0.15, 0.2) is 0 Å². The third-order valence-corrected chi connectivity index (χ3v) is 2.92. The summed E-state index contributed by atoms with van der Waals surface area (Å²) in [6.45, 7) is 3.03. The van der Waals surface area contributed by atoms with Gasteiger partial charge >= 0.3 is 0 Å². The molecule has 0 aromatic carbocycles. The minimum atomic E-state index is 0.0925. The Bertz CT molecular complexity index is 449. The van der Waals surface area contributed by atoms with Crippen molar-refractivity contribution in [2.24, 2.45) is 5.73 Å². The fourth-order valence-corrected chi connectivity index (χ4v) is 1.96. The molecule has 0 aliphatic rings. The van der Waals surface area contributed by atoms with Crippen LogP contribution in [0, 0.1) is 0 Å². The summed E-state index contributed by atoms with van der Waals surface area (Å²) >= 11 is 0.